The second-order valence-electron chi connectivity index (χ2n) is 10.7. The molecule has 0 radical (unpaired) electrons. The van der Waals surface area contributed by atoms with Crippen LogP contribution >= 0.6 is 31.8 Å². The highest BCUT2D eigenvalue weighted by atomic mass is 31.2. The van der Waals surface area contributed by atoms with Gasteiger partial charge in [-0.3, -0.25) is 38.8 Å². The summed E-state index contributed by atoms with van der Waals surface area (Å²) in [6.45, 7) is -1.62. The molecule has 1 heterocycles. The maximum atomic E-state index is 12.5. The van der Waals surface area contributed by atoms with Crippen molar-refractivity contribution in [1.82, 2.24) is 40.9 Å². The average Bonchev–Trinajstić information content (AvgIpc) is 2.92. The van der Waals surface area contributed by atoms with Gasteiger partial charge in [0.05, 0.1) is 26.2 Å². The summed E-state index contributed by atoms with van der Waals surface area (Å²) in [7, 11) is -19.3. The third-order valence-electron chi connectivity index (χ3n) is 6.30. The Morgan fingerprint density at radius 2 is 0.604 bits per heavy atom. The van der Waals surface area contributed by atoms with Crippen molar-refractivity contribution in [2.24, 2.45) is 0 Å². The summed E-state index contributed by atoms with van der Waals surface area (Å²) in [5.74, 6) is -3.25. The molecule has 280 valence electrons. The Kier molecular flexibility index (Phi) is 19.4. The maximum Gasteiger partial charge on any atom is 0.250 e. The first kappa shape index (κ1) is 45.0. The third-order valence-corrected chi connectivity index (χ3v) is 8.53. The van der Waals surface area contributed by atoms with Crippen LogP contribution in [0.25, 0.3) is 0 Å². The normalized spacial score (nSPS) is 17.6. The minimum Gasteiger partial charge on any atom is -0.686 e. The van der Waals surface area contributed by atoms with Gasteiger partial charge in [0.2, 0.25) is 39.5 Å². The van der Waals surface area contributed by atoms with E-state index in [1.807, 2.05) is 10.6 Å². The van der Waals surface area contributed by atoms with Crippen LogP contribution in [0.2, 0.25) is 0 Å². The number of rotatable bonds is 16. The molecule has 48 heavy (non-hydrogen) atoms. The first-order valence-electron chi connectivity index (χ1n) is 14.0. The Morgan fingerprint density at radius 1 is 0.417 bits per heavy atom. The molecule has 0 atom stereocenters. The standard InChI is InChI=1S/C20H44N8O16P4/c29-17(21-13-45(33,34)35)9-25-1-2-26(10-18(30)22-14-46(36,37)38)5-6-28(12-20(32)24-16-48(42,43)44)8-7-27(4-3-25)11-19(31)23-15-47(39,40)41/h1-16H2,(H,21,29)(H,22,30)(H,23,31)(H,24,32)(H2,33,34,35)(H2,36,37,38)(H2,39,40,41)(H2,42,43,44)/p-4. The van der Waals surface area contributed by atoms with Gasteiger partial charge < -0.3 is 60.4 Å². The van der Waals surface area contributed by atoms with Crippen LogP contribution in [0.4, 0.5) is 0 Å². The Hall–Kier alpha value is -1.04. The highest BCUT2D eigenvalue weighted by Crippen LogP contribution is 2.37. The molecule has 24 nitrogen and oxygen atoms in total. The van der Waals surface area contributed by atoms with E-state index >= 15 is 0 Å². The summed E-state index contributed by atoms with van der Waals surface area (Å²) >= 11 is 0. The molecule has 1 fully saturated rings. The van der Waals surface area contributed by atoms with E-state index in [9.17, 15) is 58.3 Å². The van der Waals surface area contributed by atoms with Crippen LogP contribution in [-0.4, -0.2) is 166 Å². The van der Waals surface area contributed by atoms with E-state index in [2.05, 4.69) is 10.6 Å². The Morgan fingerprint density at radius 3 is 0.771 bits per heavy atom. The van der Waals surface area contributed by atoms with Crippen molar-refractivity contribution in [2.75, 3.05) is 104 Å². The molecule has 0 aromatic heterocycles. The molecule has 1 saturated heterocycles. The van der Waals surface area contributed by atoms with Gasteiger partial charge in [0, 0.05) is 52.4 Å². The third kappa shape index (κ3) is 25.0. The van der Waals surface area contributed by atoms with Crippen LogP contribution in [0.5, 0.6) is 0 Å². The fourth-order valence-corrected chi connectivity index (χ4v) is 5.50. The lowest BCUT2D eigenvalue weighted by Crippen LogP contribution is -2.52. The van der Waals surface area contributed by atoms with Crippen molar-refractivity contribution in [1.29, 1.82) is 0 Å². The quantitative estimate of drug-likeness (QED) is 0.0675. The Labute approximate surface area is 277 Å². The summed E-state index contributed by atoms with van der Waals surface area (Å²) < 4.78 is 0. The van der Waals surface area contributed by atoms with Crippen molar-refractivity contribution in [3.63, 3.8) is 0 Å². The first-order valence-corrected chi connectivity index (χ1v) is 21.0. The zero-order valence-electron chi connectivity index (χ0n) is 25.6. The largest absolute Gasteiger partial charge is 0.686 e. The van der Waals surface area contributed by atoms with Crippen molar-refractivity contribution < 1.29 is 77.9 Å². The summed E-state index contributed by atoms with van der Waals surface area (Å²) in [6.07, 6.45) is -4.19. The van der Waals surface area contributed by atoms with Gasteiger partial charge in [-0.05, 0) is 0 Å². The Balaban J connectivity index is 3.20. The summed E-state index contributed by atoms with van der Waals surface area (Å²) in [6, 6.07) is 0. The summed E-state index contributed by atoms with van der Waals surface area (Å²) in [4.78, 5) is 180. The predicted octanol–water partition coefficient (Wildman–Crippen LogP) is -12.6. The molecule has 0 unspecified atom stereocenters. The molecule has 0 spiro atoms. The molecule has 1 rings (SSSR count). The first-order chi connectivity index (χ1) is 21.9. The second kappa shape index (κ2) is 20.7. The molecule has 4 amide bonds. The molecule has 0 aliphatic carbocycles. The lowest BCUT2D eigenvalue weighted by atomic mass is 10.3. The maximum absolute atomic E-state index is 12.5. The molecular formula is C20H40N8O16P4-4. The van der Waals surface area contributed by atoms with E-state index in [-0.39, 0.29) is 52.4 Å². The highest BCUT2D eigenvalue weighted by molar-refractivity contribution is 7.57. The number of carbonyl (C=O) groups is 4. The molecular weight excluding hydrogens is 732 g/mol. The highest BCUT2D eigenvalue weighted by Gasteiger charge is 2.25. The smallest absolute Gasteiger partial charge is 0.250 e. The summed E-state index contributed by atoms with van der Waals surface area (Å²) in [5, 5.41) is 8.12. The number of amides is 4. The molecule has 0 aromatic rings. The zero-order valence-corrected chi connectivity index (χ0v) is 29.2. The van der Waals surface area contributed by atoms with E-state index < -0.39 is 107 Å². The fraction of sp³-hybridized carbons (Fsp3) is 0.800. The minimum absolute atomic E-state index is 0.00393. The van der Waals surface area contributed by atoms with Crippen LogP contribution in [0.3, 0.4) is 0 Å². The van der Waals surface area contributed by atoms with E-state index in [1.54, 1.807) is 0 Å². The predicted molar refractivity (Wildman–Crippen MR) is 154 cm³/mol. The number of nitrogens with zero attached hydrogens (tertiary/aromatic N) is 4. The lowest BCUT2D eigenvalue weighted by Gasteiger charge is -2.41. The molecule has 28 heteroatoms. The van der Waals surface area contributed by atoms with Crippen LogP contribution in [0.1, 0.15) is 0 Å². The molecule has 1 aliphatic heterocycles. The number of hydrogen-bond donors (Lipinski definition) is 8. The van der Waals surface area contributed by atoms with Crippen LogP contribution < -0.4 is 60.4 Å². The van der Waals surface area contributed by atoms with Gasteiger partial charge in [-0.1, -0.05) is 0 Å². The number of carbonyl (C=O) groups excluding carboxylic acids is 4. The van der Waals surface area contributed by atoms with Gasteiger partial charge in [0.1, 0.15) is 12.6 Å². The topological polar surface area (TPSA) is 395 Å². The fourth-order valence-electron chi connectivity index (χ4n) is 4.00. The summed E-state index contributed by atoms with van der Waals surface area (Å²) in [5.41, 5.74) is 0. The van der Waals surface area contributed by atoms with Gasteiger partial charge in [0.15, 0.2) is 12.6 Å². The van der Waals surface area contributed by atoms with Crippen molar-refractivity contribution in [3.8, 4) is 0 Å². The van der Waals surface area contributed by atoms with Gasteiger partial charge in [0.25, 0.3) is 0 Å². The Bertz CT molecular complexity index is 867. The van der Waals surface area contributed by atoms with E-state index in [0.717, 1.165) is 0 Å². The average molecular weight is 772 g/mol. The molecule has 1 aliphatic rings. The van der Waals surface area contributed by atoms with Gasteiger partial charge in [-0.2, -0.15) is 0 Å². The van der Waals surface area contributed by atoms with Crippen LogP contribution in [0.15, 0.2) is 0 Å². The number of hydrogen-bond acceptors (Lipinski definition) is 20. The van der Waals surface area contributed by atoms with Gasteiger partial charge in [-0.25, -0.2) is 19.6 Å². The van der Waals surface area contributed by atoms with E-state index in [0.29, 0.717) is 0 Å². The lowest BCUT2D eigenvalue weighted by molar-refractivity contribution is -0.430. The molecule has 8 N–H and O–H groups in total. The van der Waals surface area contributed by atoms with Crippen molar-refractivity contribution >= 4 is 55.4 Å². The SMILES string of the molecule is O=C(CN1CCN(CC(=O)NC[P+]([O-])([O-])[O-])CCN(CC(=O)NC[P+]([O-])(O)O)CCN(CC(=O)NC[P+]([O-])(O)O)CC1)NC[P+]([O-])([O-])[O-]. The van der Waals surface area contributed by atoms with Gasteiger partial charge in [-0.15, -0.1) is 15.9 Å². The molecule has 0 aromatic carbocycles. The zero-order chi connectivity index (χ0) is 36.8. The van der Waals surface area contributed by atoms with Crippen molar-refractivity contribution in [2.45, 2.75) is 0 Å². The molecule has 0 bridgehead atoms. The van der Waals surface area contributed by atoms with E-state index in [1.165, 1.54) is 19.6 Å². The second-order valence-corrected chi connectivity index (χ2v) is 17.1. The van der Waals surface area contributed by atoms with Crippen molar-refractivity contribution in [3.05, 3.63) is 0 Å². The van der Waals surface area contributed by atoms with Gasteiger partial charge >= 0.3 is 0 Å². The monoisotopic (exact) mass is 772 g/mol. The molecule has 0 saturated carbocycles. The van der Waals surface area contributed by atoms with Crippen LogP contribution in [0, 0.1) is 0 Å². The van der Waals surface area contributed by atoms with E-state index in [4.69, 9.17) is 19.6 Å². The minimum atomic E-state index is -5.08. The number of nitrogens with one attached hydrogen (secondary N) is 4. The van der Waals surface area contributed by atoms with Crippen LogP contribution in [-0.2, 0) is 19.2 Å².